The van der Waals surface area contributed by atoms with Crippen LogP contribution < -0.4 is 15.0 Å². The van der Waals surface area contributed by atoms with Gasteiger partial charge in [-0.1, -0.05) is 53.6 Å². The number of carbonyl (C=O) groups is 2. The zero-order valence-electron chi connectivity index (χ0n) is 20.2. The van der Waals surface area contributed by atoms with Gasteiger partial charge in [-0.15, -0.1) is 0 Å². The van der Waals surface area contributed by atoms with Gasteiger partial charge < -0.3 is 20.1 Å². The van der Waals surface area contributed by atoms with E-state index in [0.29, 0.717) is 17.9 Å². The van der Waals surface area contributed by atoms with Crippen molar-refractivity contribution in [3.63, 3.8) is 0 Å². The van der Waals surface area contributed by atoms with Crippen LogP contribution in [-0.2, 0) is 11.2 Å². The number of halogens is 2. The standard InChI is InChI=1S/C28H27Cl2N3O4/c1-37-20-10-8-18(9-11-20)16-21(24-17-19(12-13-31-24)33-14-3-2-4-15-33)26(28(35)36)32-27(34)25-22(29)6-5-7-23(25)30/h2-3,5-13,17,21,26H,4,14-16H2,1H3,(H,32,34)(H,35,36)/t21-,26-/m0/s1. The molecule has 1 amide bonds. The molecule has 0 fully saturated rings. The topological polar surface area (TPSA) is 91.8 Å². The van der Waals surface area contributed by atoms with E-state index in [1.807, 2.05) is 36.4 Å². The third kappa shape index (κ3) is 6.42. The molecule has 1 aliphatic rings. The van der Waals surface area contributed by atoms with E-state index in [1.54, 1.807) is 19.4 Å². The highest BCUT2D eigenvalue weighted by atomic mass is 35.5. The van der Waals surface area contributed by atoms with Gasteiger partial charge in [-0.2, -0.15) is 0 Å². The molecule has 0 bridgehead atoms. The van der Waals surface area contributed by atoms with Crippen molar-refractivity contribution >= 4 is 40.8 Å². The first-order valence-electron chi connectivity index (χ1n) is 11.8. The molecule has 0 unspecified atom stereocenters. The van der Waals surface area contributed by atoms with Crippen LogP contribution in [0, 0.1) is 0 Å². The van der Waals surface area contributed by atoms with Crippen molar-refractivity contribution in [2.24, 2.45) is 0 Å². The molecule has 0 spiro atoms. The number of carbonyl (C=O) groups excluding carboxylic acids is 1. The molecule has 192 valence electrons. The highest BCUT2D eigenvalue weighted by Crippen LogP contribution is 2.30. The molecule has 3 aromatic rings. The summed E-state index contributed by atoms with van der Waals surface area (Å²) in [5, 5.41) is 13.2. The number of hydrogen-bond donors (Lipinski definition) is 2. The minimum atomic E-state index is -1.30. The fraction of sp³-hybridized carbons (Fsp3) is 0.250. The van der Waals surface area contributed by atoms with Crippen molar-refractivity contribution in [2.75, 3.05) is 25.1 Å². The Morgan fingerprint density at radius 2 is 1.84 bits per heavy atom. The van der Waals surface area contributed by atoms with Crippen molar-refractivity contribution in [1.82, 2.24) is 10.3 Å². The number of benzene rings is 2. The highest BCUT2D eigenvalue weighted by Gasteiger charge is 2.34. The first-order chi connectivity index (χ1) is 17.9. The van der Waals surface area contributed by atoms with Crippen LogP contribution in [0.15, 0.2) is 72.9 Å². The SMILES string of the molecule is COc1ccc(C[C@@H](c2cc(N3CC=CCC3)ccn2)[C@H](NC(=O)c2c(Cl)cccc2Cl)C(=O)O)cc1. The first-order valence-corrected chi connectivity index (χ1v) is 12.6. The third-order valence-electron chi connectivity index (χ3n) is 6.33. The molecule has 2 aromatic carbocycles. The summed E-state index contributed by atoms with van der Waals surface area (Å²) < 4.78 is 5.25. The smallest absolute Gasteiger partial charge is 0.326 e. The Kier molecular flexibility index (Phi) is 8.69. The van der Waals surface area contributed by atoms with Gasteiger partial charge in [-0.05, 0) is 54.8 Å². The van der Waals surface area contributed by atoms with Crippen LogP contribution in [0.1, 0.15) is 34.0 Å². The first kappa shape index (κ1) is 26.5. The van der Waals surface area contributed by atoms with E-state index >= 15 is 0 Å². The lowest BCUT2D eigenvalue weighted by molar-refractivity contribution is -0.139. The van der Waals surface area contributed by atoms with Gasteiger partial charge in [-0.3, -0.25) is 9.78 Å². The number of hydrogen-bond acceptors (Lipinski definition) is 5. The van der Waals surface area contributed by atoms with Gasteiger partial charge in [0.1, 0.15) is 11.8 Å². The Balaban J connectivity index is 1.71. The lowest BCUT2D eigenvalue weighted by Gasteiger charge is -2.28. The Morgan fingerprint density at radius 3 is 2.46 bits per heavy atom. The van der Waals surface area contributed by atoms with Crippen molar-refractivity contribution in [2.45, 2.75) is 24.8 Å². The molecule has 1 aromatic heterocycles. The molecule has 0 aliphatic carbocycles. The molecule has 1 aliphatic heterocycles. The lowest BCUT2D eigenvalue weighted by atomic mass is 9.88. The van der Waals surface area contributed by atoms with Crippen molar-refractivity contribution < 1.29 is 19.4 Å². The molecule has 0 radical (unpaired) electrons. The lowest BCUT2D eigenvalue weighted by Crippen LogP contribution is -2.46. The zero-order valence-corrected chi connectivity index (χ0v) is 21.7. The average Bonchev–Trinajstić information content (AvgIpc) is 2.91. The normalized spacial score (nSPS) is 14.6. The predicted molar refractivity (Wildman–Crippen MR) is 145 cm³/mol. The number of anilines is 1. The summed E-state index contributed by atoms with van der Waals surface area (Å²) in [6.07, 6.45) is 7.16. The van der Waals surface area contributed by atoms with Crippen LogP contribution in [0.2, 0.25) is 10.0 Å². The van der Waals surface area contributed by atoms with Crippen LogP contribution in [0.5, 0.6) is 5.75 Å². The second-order valence-corrected chi connectivity index (χ2v) is 9.50. The number of pyridine rings is 1. The number of methoxy groups -OCH3 is 1. The number of ether oxygens (including phenoxy) is 1. The minimum absolute atomic E-state index is 0.0297. The van der Waals surface area contributed by atoms with Crippen molar-refractivity contribution in [3.8, 4) is 5.75 Å². The van der Waals surface area contributed by atoms with Crippen LogP contribution in [-0.4, -0.2) is 48.2 Å². The summed E-state index contributed by atoms with van der Waals surface area (Å²) in [6.45, 7) is 1.61. The number of nitrogens with zero attached hydrogens (tertiary/aromatic N) is 2. The van der Waals surface area contributed by atoms with Gasteiger partial charge in [0.15, 0.2) is 0 Å². The molecule has 4 rings (SSSR count). The van der Waals surface area contributed by atoms with Crippen molar-refractivity contribution in [3.05, 3.63) is 99.8 Å². The Labute approximate surface area is 225 Å². The monoisotopic (exact) mass is 539 g/mol. The number of carboxylic acids is 1. The maximum absolute atomic E-state index is 13.2. The largest absolute Gasteiger partial charge is 0.497 e. The fourth-order valence-electron chi connectivity index (χ4n) is 4.38. The van der Waals surface area contributed by atoms with E-state index in [1.165, 1.54) is 12.1 Å². The van der Waals surface area contributed by atoms with Gasteiger partial charge in [-0.25, -0.2) is 4.79 Å². The number of carboxylic acid groups (broad SMARTS) is 1. The van der Waals surface area contributed by atoms with E-state index in [0.717, 1.165) is 30.8 Å². The molecule has 7 nitrogen and oxygen atoms in total. The number of rotatable bonds is 9. The molecule has 2 N–H and O–H groups in total. The van der Waals surface area contributed by atoms with Crippen LogP contribution in [0.25, 0.3) is 0 Å². The summed E-state index contributed by atoms with van der Waals surface area (Å²) in [7, 11) is 1.58. The summed E-state index contributed by atoms with van der Waals surface area (Å²) >= 11 is 12.4. The van der Waals surface area contributed by atoms with Crippen molar-refractivity contribution in [1.29, 1.82) is 0 Å². The number of aliphatic carboxylic acids is 1. The van der Waals surface area contributed by atoms with Gasteiger partial charge in [0.25, 0.3) is 5.91 Å². The predicted octanol–water partition coefficient (Wildman–Crippen LogP) is 5.37. The summed E-state index contributed by atoms with van der Waals surface area (Å²) in [5.74, 6) is -1.85. The molecule has 9 heteroatoms. The van der Waals surface area contributed by atoms with Gasteiger partial charge >= 0.3 is 5.97 Å². The summed E-state index contributed by atoms with van der Waals surface area (Å²) in [6, 6.07) is 14.6. The summed E-state index contributed by atoms with van der Waals surface area (Å²) in [4.78, 5) is 32.5. The molecular weight excluding hydrogens is 513 g/mol. The number of nitrogens with one attached hydrogen (secondary N) is 1. The van der Waals surface area contributed by atoms with Crippen LogP contribution in [0.4, 0.5) is 5.69 Å². The second kappa shape index (κ2) is 12.1. The third-order valence-corrected chi connectivity index (χ3v) is 6.96. The van der Waals surface area contributed by atoms with Gasteiger partial charge in [0.05, 0.1) is 22.7 Å². The maximum Gasteiger partial charge on any atom is 0.326 e. The van der Waals surface area contributed by atoms with E-state index in [9.17, 15) is 14.7 Å². The number of aromatic nitrogens is 1. The fourth-order valence-corrected chi connectivity index (χ4v) is 4.95. The summed E-state index contributed by atoms with van der Waals surface area (Å²) in [5.41, 5.74) is 2.40. The quantitative estimate of drug-likeness (QED) is 0.355. The Hall–Kier alpha value is -3.55. The Morgan fingerprint density at radius 1 is 1.11 bits per heavy atom. The molecule has 37 heavy (non-hydrogen) atoms. The zero-order chi connectivity index (χ0) is 26.4. The van der Waals surface area contributed by atoms with E-state index < -0.39 is 23.8 Å². The van der Waals surface area contributed by atoms with Gasteiger partial charge in [0, 0.05) is 36.6 Å². The Bertz CT molecular complexity index is 1280. The van der Waals surface area contributed by atoms with Gasteiger partial charge in [0.2, 0.25) is 0 Å². The van der Waals surface area contributed by atoms with Crippen LogP contribution >= 0.6 is 23.2 Å². The molecule has 0 saturated heterocycles. The molecule has 0 saturated carbocycles. The van der Waals surface area contributed by atoms with E-state index in [4.69, 9.17) is 27.9 Å². The highest BCUT2D eigenvalue weighted by molar-refractivity contribution is 6.39. The minimum Gasteiger partial charge on any atom is -0.497 e. The van der Waals surface area contributed by atoms with Crippen LogP contribution in [0.3, 0.4) is 0 Å². The number of amides is 1. The molecule has 2 heterocycles. The molecular formula is C28H27Cl2N3O4. The second-order valence-electron chi connectivity index (χ2n) is 8.69. The molecule has 2 atom stereocenters. The van der Waals surface area contributed by atoms with E-state index in [2.05, 4.69) is 27.4 Å². The average molecular weight is 540 g/mol. The maximum atomic E-state index is 13.2. The van der Waals surface area contributed by atoms with E-state index in [-0.39, 0.29) is 15.6 Å².